The smallest absolute Gasteiger partial charge is 0.323 e. The highest BCUT2D eigenvalue weighted by molar-refractivity contribution is 5.74. The minimum atomic E-state index is -0.791. The molecule has 0 saturated carbocycles. The van der Waals surface area contributed by atoms with Gasteiger partial charge in [-0.05, 0) is 20.8 Å². The van der Waals surface area contributed by atoms with Crippen LogP contribution in [0.25, 0.3) is 0 Å². The molecule has 0 aromatic rings. The van der Waals surface area contributed by atoms with Gasteiger partial charge in [0.15, 0.2) is 0 Å². The number of aliphatic carboxylic acids is 1. The lowest BCUT2D eigenvalue weighted by molar-refractivity contribution is -0.157. The number of carboxylic acid groups (broad SMARTS) is 1. The molecule has 0 aliphatic carbocycles. The third-order valence-electron chi connectivity index (χ3n) is 2.45. The fourth-order valence-corrected chi connectivity index (χ4v) is 1.77. The van der Waals surface area contributed by atoms with E-state index in [1.54, 1.807) is 0 Å². The van der Waals surface area contributed by atoms with E-state index in [4.69, 9.17) is 9.84 Å². The second-order valence-electron chi connectivity index (χ2n) is 3.69. The quantitative estimate of drug-likeness (QED) is 0.686. The van der Waals surface area contributed by atoms with Crippen LogP contribution in [0.2, 0.25) is 0 Å². The number of morpholine rings is 1. The van der Waals surface area contributed by atoms with Crippen molar-refractivity contribution in [2.24, 2.45) is 0 Å². The Balaban J connectivity index is 2.74. The van der Waals surface area contributed by atoms with E-state index in [9.17, 15) is 4.79 Å². The molecule has 4 nitrogen and oxygen atoms in total. The summed E-state index contributed by atoms with van der Waals surface area (Å²) in [6, 6.07) is -0.235. The highest BCUT2D eigenvalue weighted by Gasteiger charge is 2.36. The maximum atomic E-state index is 11.0. The van der Waals surface area contributed by atoms with Gasteiger partial charge in [0.2, 0.25) is 0 Å². The highest BCUT2D eigenvalue weighted by atomic mass is 16.5. The molecule has 2 unspecified atom stereocenters. The van der Waals surface area contributed by atoms with Crippen molar-refractivity contribution in [2.75, 3.05) is 13.2 Å². The molecule has 13 heavy (non-hydrogen) atoms. The molecule has 1 aliphatic heterocycles. The molecule has 2 atom stereocenters. The molecule has 1 saturated heterocycles. The zero-order valence-electron chi connectivity index (χ0n) is 8.36. The maximum absolute atomic E-state index is 11.0. The molecule has 0 aromatic carbocycles. The van der Waals surface area contributed by atoms with Crippen LogP contribution in [0.4, 0.5) is 0 Å². The van der Waals surface area contributed by atoms with Crippen molar-refractivity contribution in [3.05, 3.63) is 0 Å². The zero-order chi connectivity index (χ0) is 10.0. The second kappa shape index (κ2) is 4.07. The summed E-state index contributed by atoms with van der Waals surface area (Å²) in [5.74, 6) is -0.791. The van der Waals surface area contributed by atoms with Crippen molar-refractivity contribution < 1.29 is 14.6 Å². The molecule has 4 heteroatoms. The van der Waals surface area contributed by atoms with Gasteiger partial charge >= 0.3 is 5.97 Å². The number of rotatable bonds is 2. The van der Waals surface area contributed by atoms with Gasteiger partial charge in [-0.2, -0.15) is 0 Å². The van der Waals surface area contributed by atoms with Crippen LogP contribution >= 0.6 is 0 Å². The Morgan fingerprint density at radius 2 is 2.23 bits per heavy atom. The van der Waals surface area contributed by atoms with Gasteiger partial charge in [-0.15, -0.1) is 0 Å². The molecular formula is C9H17NO3. The topological polar surface area (TPSA) is 49.8 Å². The summed E-state index contributed by atoms with van der Waals surface area (Å²) in [5, 5.41) is 9.01. The average Bonchev–Trinajstić information content (AvgIpc) is 2.02. The van der Waals surface area contributed by atoms with E-state index in [0.717, 1.165) is 0 Å². The van der Waals surface area contributed by atoms with Crippen molar-refractivity contribution in [1.29, 1.82) is 0 Å². The first-order chi connectivity index (χ1) is 6.04. The monoisotopic (exact) mass is 187 g/mol. The number of carbonyl (C=O) groups is 1. The van der Waals surface area contributed by atoms with Gasteiger partial charge in [-0.25, -0.2) is 0 Å². The van der Waals surface area contributed by atoms with E-state index in [-0.39, 0.29) is 12.1 Å². The molecule has 0 amide bonds. The van der Waals surface area contributed by atoms with E-state index >= 15 is 0 Å². The highest BCUT2D eigenvalue weighted by Crippen LogP contribution is 2.16. The molecule has 1 heterocycles. The Labute approximate surface area is 78.5 Å². The normalized spacial score (nSPS) is 30.8. The predicted molar refractivity (Wildman–Crippen MR) is 48.7 cm³/mol. The van der Waals surface area contributed by atoms with Crippen molar-refractivity contribution in [1.82, 2.24) is 4.90 Å². The van der Waals surface area contributed by atoms with Crippen LogP contribution in [0.1, 0.15) is 20.8 Å². The summed E-state index contributed by atoms with van der Waals surface area (Å²) in [6.45, 7) is 7.16. The first kappa shape index (κ1) is 10.5. The van der Waals surface area contributed by atoms with Crippen LogP contribution in [0.5, 0.6) is 0 Å². The van der Waals surface area contributed by atoms with Crippen molar-refractivity contribution in [3.8, 4) is 0 Å². The van der Waals surface area contributed by atoms with Crippen molar-refractivity contribution in [2.45, 2.75) is 39.0 Å². The molecule has 1 aliphatic rings. The van der Waals surface area contributed by atoms with Gasteiger partial charge < -0.3 is 9.84 Å². The molecule has 0 radical (unpaired) electrons. The number of carboxylic acids is 1. The van der Waals surface area contributed by atoms with E-state index in [2.05, 4.69) is 0 Å². The van der Waals surface area contributed by atoms with Crippen LogP contribution in [0.15, 0.2) is 0 Å². The number of nitrogens with zero attached hydrogens (tertiary/aromatic N) is 1. The van der Waals surface area contributed by atoms with Gasteiger partial charge in [0.1, 0.15) is 6.04 Å². The summed E-state index contributed by atoms with van der Waals surface area (Å²) in [6.07, 6.45) is -0.214. The largest absolute Gasteiger partial charge is 0.480 e. The van der Waals surface area contributed by atoms with Crippen molar-refractivity contribution >= 4 is 5.97 Å². The van der Waals surface area contributed by atoms with E-state index in [1.165, 1.54) is 0 Å². The SMILES string of the molecule is CC1OCCN(C(C)C)C1C(=O)O. The lowest BCUT2D eigenvalue weighted by Gasteiger charge is -2.39. The van der Waals surface area contributed by atoms with Gasteiger partial charge in [0.25, 0.3) is 0 Å². The van der Waals surface area contributed by atoms with Crippen LogP contribution < -0.4 is 0 Å². The Morgan fingerprint density at radius 3 is 2.62 bits per heavy atom. The number of ether oxygens (including phenoxy) is 1. The maximum Gasteiger partial charge on any atom is 0.323 e. The summed E-state index contributed by atoms with van der Waals surface area (Å²) in [7, 11) is 0. The summed E-state index contributed by atoms with van der Waals surface area (Å²) >= 11 is 0. The molecule has 1 rings (SSSR count). The molecule has 0 spiro atoms. The first-order valence-corrected chi connectivity index (χ1v) is 4.64. The van der Waals surface area contributed by atoms with E-state index in [1.807, 2.05) is 25.7 Å². The predicted octanol–water partition coefficient (Wildman–Crippen LogP) is 0.569. The minimum absolute atomic E-state index is 0.214. The van der Waals surface area contributed by atoms with Gasteiger partial charge in [0, 0.05) is 12.6 Å². The van der Waals surface area contributed by atoms with Crippen LogP contribution in [0.3, 0.4) is 0 Å². The standard InChI is InChI=1S/C9H17NO3/c1-6(2)10-4-5-13-7(3)8(10)9(11)12/h6-8H,4-5H2,1-3H3,(H,11,12). The summed E-state index contributed by atoms with van der Waals surface area (Å²) < 4.78 is 5.31. The fourth-order valence-electron chi connectivity index (χ4n) is 1.77. The van der Waals surface area contributed by atoms with Crippen LogP contribution in [-0.4, -0.2) is 47.3 Å². The Hall–Kier alpha value is -0.610. The lowest BCUT2D eigenvalue weighted by atomic mass is 10.1. The van der Waals surface area contributed by atoms with E-state index < -0.39 is 12.0 Å². The Bertz CT molecular complexity index is 193. The summed E-state index contributed by atoms with van der Waals surface area (Å²) in [4.78, 5) is 12.9. The first-order valence-electron chi connectivity index (χ1n) is 4.64. The second-order valence-corrected chi connectivity index (χ2v) is 3.69. The van der Waals surface area contributed by atoms with Crippen molar-refractivity contribution in [3.63, 3.8) is 0 Å². The number of hydrogen-bond acceptors (Lipinski definition) is 3. The third kappa shape index (κ3) is 2.19. The van der Waals surface area contributed by atoms with Crippen LogP contribution in [0, 0.1) is 0 Å². The molecule has 0 bridgehead atoms. The summed E-state index contributed by atoms with van der Waals surface area (Å²) in [5.41, 5.74) is 0. The zero-order valence-corrected chi connectivity index (χ0v) is 8.36. The molecule has 0 aromatic heterocycles. The van der Waals surface area contributed by atoms with Gasteiger partial charge in [0.05, 0.1) is 12.7 Å². The fraction of sp³-hybridized carbons (Fsp3) is 0.889. The Kier molecular flexibility index (Phi) is 3.27. The number of hydrogen-bond donors (Lipinski definition) is 1. The van der Waals surface area contributed by atoms with Crippen LogP contribution in [-0.2, 0) is 9.53 Å². The van der Waals surface area contributed by atoms with Gasteiger partial charge in [-0.3, -0.25) is 9.69 Å². The Morgan fingerprint density at radius 1 is 1.62 bits per heavy atom. The van der Waals surface area contributed by atoms with Gasteiger partial charge in [-0.1, -0.05) is 0 Å². The molecule has 1 fully saturated rings. The minimum Gasteiger partial charge on any atom is -0.480 e. The molecule has 1 N–H and O–H groups in total. The average molecular weight is 187 g/mol. The molecular weight excluding hydrogens is 170 g/mol. The molecule has 76 valence electrons. The lowest BCUT2D eigenvalue weighted by Crippen LogP contribution is -2.56. The third-order valence-corrected chi connectivity index (χ3v) is 2.45. The van der Waals surface area contributed by atoms with E-state index in [0.29, 0.717) is 13.2 Å².